The Labute approximate surface area is 184 Å². The van der Waals surface area contributed by atoms with Gasteiger partial charge in [0.1, 0.15) is 18.2 Å². The number of nitrogens with one attached hydrogen (secondary N) is 1. The Hall–Kier alpha value is -2.72. The third kappa shape index (κ3) is 5.67. The van der Waals surface area contributed by atoms with Crippen LogP contribution in [-0.4, -0.2) is 26.4 Å². The van der Waals surface area contributed by atoms with E-state index in [2.05, 4.69) is 38.0 Å². The zero-order valence-electron chi connectivity index (χ0n) is 15.6. The van der Waals surface area contributed by atoms with E-state index in [1.807, 2.05) is 30.3 Å². The molecule has 1 aromatic heterocycles. The third-order valence-electron chi connectivity index (χ3n) is 3.82. The number of benzene rings is 2. The Kier molecular flexibility index (Phi) is 7.58. The van der Waals surface area contributed by atoms with Crippen molar-refractivity contribution in [1.82, 2.24) is 14.8 Å². The molecule has 1 amide bonds. The molecule has 10 heteroatoms. The lowest BCUT2D eigenvalue weighted by Gasteiger charge is -2.10. The van der Waals surface area contributed by atoms with Gasteiger partial charge < -0.3 is 10.1 Å². The lowest BCUT2D eigenvalue weighted by molar-refractivity contribution is -0.113. The molecule has 1 heterocycles. The standard InChI is InChI=1S/C20H17BrF2N4O2S/c1-2-8-27-17(11-29-14-6-4-3-5-7-14)25-26-20(27)30-12-18(28)24-19-15(21)9-13(22)10-16(19)23/h2-7,9-10H,1,8,11-12H2,(H,24,28). The largest absolute Gasteiger partial charge is 0.486 e. The Morgan fingerprint density at radius 2 is 2.03 bits per heavy atom. The van der Waals surface area contributed by atoms with Crippen molar-refractivity contribution in [2.45, 2.75) is 18.3 Å². The molecule has 3 aromatic rings. The second-order valence-electron chi connectivity index (χ2n) is 5.98. The van der Waals surface area contributed by atoms with Gasteiger partial charge in [0.2, 0.25) is 5.91 Å². The molecule has 3 rings (SSSR count). The lowest BCUT2D eigenvalue weighted by atomic mass is 10.3. The van der Waals surface area contributed by atoms with Crippen molar-refractivity contribution in [3.63, 3.8) is 0 Å². The van der Waals surface area contributed by atoms with Crippen LogP contribution in [0.2, 0.25) is 0 Å². The summed E-state index contributed by atoms with van der Waals surface area (Å²) < 4.78 is 34.7. The number of ether oxygens (including phenoxy) is 1. The number of hydrogen-bond acceptors (Lipinski definition) is 5. The van der Waals surface area contributed by atoms with Crippen LogP contribution in [0, 0.1) is 11.6 Å². The summed E-state index contributed by atoms with van der Waals surface area (Å²) >= 11 is 4.18. The maximum absolute atomic E-state index is 13.9. The van der Waals surface area contributed by atoms with Gasteiger partial charge in [-0.1, -0.05) is 36.0 Å². The van der Waals surface area contributed by atoms with Crippen molar-refractivity contribution in [2.24, 2.45) is 0 Å². The van der Waals surface area contributed by atoms with Crippen molar-refractivity contribution in [3.8, 4) is 5.75 Å². The number of amides is 1. The highest BCUT2D eigenvalue weighted by Crippen LogP contribution is 2.27. The summed E-state index contributed by atoms with van der Waals surface area (Å²) in [6.45, 7) is 4.36. The van der Waals surface area contributed by atoms with Crippen LogP contribution in [0.25, 0.3) is 0 Å². The molecule has 6 nitrogen and oxygen atoms in total. The van der Waals surface area contributed by atoms with Crippen LogP contribution < -0.4 is 10.1 Å². The van der Waals surface area contributed by atoms with Gasteiger partial charge in [0.15, 0.2) is 16.8 Å². The molecule has 0 saturated carbocycles. The van der Waals surface area contributed by atoms with E-state index >= 15 is 0 Å². The van der Waals surface area contributed by atoms with E-state index in [0.717, 1.165) is 17.8 Å². The zero-order chi connectivity index (χ0) is 21.5. The summed E-state index contributed by atoms with van der Waals surface area (Å²) in [5, 5.41) is 11.2. The minimum absolute atomic E-state index is 0.0436. The highest BCUT2D eigenvalue weighted by molar-refractivity contribution is 9.10. The molecule has 0 atom stereocenters. The second kappa shape index (κ2) is 10.4. The Balaban J connectivity index is 1.64. The number of para-hydroxylation sites is 1. The number of halogens is 3. The number of allylic oxidation sites excluding steroid dienone is 1. The number of carbonyl (C=O) groups is 1. The van der Waals surface area contributed by atoms with Crippen LogP contribution in [0.1, 0.15) is 5.82 Å². The molecule has 0 saturated heterocycles. The van der Waals surface area contributed by atoms with E-state index in [0.29, 0.717) is 29.3 Å². The highest BCUT2D eigenvalue weighted by atomic mass is 79.9. The summed E-state index contributed by atoms with van der Waals surface area (Å²) in [6.07, 6.45) is 1.69. The van der Waals surface area contributed by atoms with Gasteiger partial charge in [-0.2, -0.15) is 0 Å². The van der Waals surface area contributed by atoms with Gasteiger partial charge >= 0.3 is 0 Å². The fourth-order valence-electron chi connectivity index (χ4n) is 2.48. The molecular weight excluding hydrogens is 478 g/mol. The molecule has 156 valence electrons. The molecular formula is C20H17BrF2N4O2S. The van der Waals surface area contributed by atoms with Gasteiger partial charge in [0.05, 0.1) is 11.4 Å². The van der Waals surface area contributed by atoms with E-state index in [9.17, 15) is 13.6 Å². The zero-order valence-corrected chi connectivity index (χ0v) is 18.1. The predicted octanol–water partition coefficient (Wildman–Crippen LogP) is 4.81. The molecule has 0 unspecified atom stereocenters. The van der Waals surface area contributed by atoms with Gasteiger partial charge in [-0.15, -0.1) is 16.8 Å². The van der Waals surface area contributed by atoms with Crippen LogP contribution in [0.3, 0.4) is 0 Å². The quantitative estimate of drug-likeness (QED) is 0.341. The maximum atomic E-state index is 13.9. The monoisotopic (exact) mass is 494 g/mol. The SMILES string of the molecule is C=CCn1c(COc2ccccc2)nnc1SCC(=O)Nc1c(F)cc(F)cc1Br. The molecule has 0 aliphatic carbocycles. The van der Waals surface area contributed by atoms with Gasteiger partial charge in [-0.3, -0.25) is 9.36 Å². The Morgan fingerprint density at radius 1 is 1.27 bits per heavy atom. The molecule has 0 radical (unpaired) electrons. The molecule has 0 spiro atoms. The van der Waals surface area contributed by atoms with Gasteiger partial charge in [-0.25, -0.2) is 8.78 Å². The number of hydrogen-bond donors (Lipinski definition) is 1. The highest BCUT2D eigenvalue weighted by Gasteiger charge is 2.16. The maximum Gasteiger partial charge on any atom is 0.234 e. The Morgan fingerprint density at radius 3 is 2.73 bits per heavy atom. The number of aromatic nitrogens is 3. The molecule has 0 fully saturated rings. The first kappa shape index (κ1) is 22.0. The Bertz CT molecular complexity index is 1020. The van der Waals surface area contributed by atoms with Crippen molar-refractivity contribution < 1.29 is 18.3 Å². The number of carbonyl (C=O) groups excluding carboxylic acids is 1. The smallest absolute Gasteiger partial charge is 0.234 e. The van der Waals surface area contributed by atoms with Gasteiger partial charge in [-0.05, 0) is 34.1 Å². The van der Waals surface area contributed by atoms with Crippen molar-refractivity contribution in [3.05, 3.63) is 77.1 Å². The number of rotatable bonds is 9. The summed E-state index contributed by atoms with van der Waals surface area (Å²) in [6, 6.07) is 11.1. The summed E-state index contributed by atoms with van der Waals surface area (Å²) in [5.74, 6) is -0.843. The van der Waals surface area contributed by atoms with Crippen LogP contribution in [0.15, 0.2) is 64.7 Å². The molecule has 30 heavy (non-hydrogen) atoms. The number of thioether (sulfide) groups is 1. The van der Waals surface area contributed by atoms with Crippen molar-refractivity contribution in [1.29, 1.82) is 0 Å². The fourth-order valence-corrected chi connectivity index (χ4v) is 3.75. The molecule has 1 N–H and O–H groups in total. The fraction of sp³-hybridized carbons (Fsp3) is 0.150. The normalized spacial score (nSPS) is 10.6. The first-order valence-corrected chi connectivity index (χ1v) is 10.5. The average molecular weight is 495 g/mol. The summed E-state index contributed by atoms with van der Waals surface area (Å²) in [4.78, 5) is 12.2. The van der Waals surface area contributed by atoms with Crippen molar-refractivity contribution in [2.75, 3.05) is 11.1 Å². The summed E-state index contributed by atoms with van der Waals surface area (Å²) in [7, 11) is 0. The van der Waals surface area contributed by atoms with E-state index in [1.54, 1.807) is 10.6 Å². The molecule has 2 aromatic carbocycles. The first-order chi connectivity index (χ1) is 14.5. The lowest BCUT2D eigenvalue weighted by Crippen LogP contribution is -2.16. The van der Waals surface area contributed by atoms with Gasteiger partial charge in [0.25, 0.3) is 0 Å². The minimum atomic E-state index is -0.865. The first-order valence-electron chi connectivity index (χ1n) is 8.76. The number of nitrogens with zero attached hydrogens (tertiary/aromatic N) is 3. The summed E-state index contributed by atoms with van der Waals surface area (Å²) in [5.41, 5.74) is -0.119. The van der Waals surface area contributed by atoms with E-state index < -0.39 is 17.5 Å². The van der Waals surface area contributed by atoms with Gasteiger partial charge in [0, 0.05) is 17.1 Å². The third-order valence-corrected chi connectivity index (χ3v) is 5.41. The van der Waals surface area contributed by atoms with E-state index in [4.69, 9.17) is 4.74 Å². The number of anilines is 1. The molecule has 0 aliphatic rings. The predicted molar refractivity (Wildman–Crippen MR) is 114 cm³/mol. The van der Waals surface area contributed by atoms with E-state index in [1.165, 1.54) is 0 Å². The minimum Gasteiger partial charge on any atom is -0.486 e. The molecule has 0 bridgehead atoms. The van der Waals surface area contributed by atoms with Crippen molar-refractivity contribution >= 4 is 39.3 Å². The van der Waals surface area contributed by atoms with Crippen LogP contribution in [-0.2, 0) is 17.9 Å². The molecule has 0 aliphatic heterocycles. The van der Waals surface area contributed by atoms with E-state index in [-0.39, 0.29) is 22.5 Å². The second-order valence-corrected chi connectivity index (χ2v) is 7.78. The average Bonchev–Trinajstić information content (AvgIpc) is 3.10. The van der Waals surface area contributed by atoms with Crippen LogP contribution in [0.4, 0.5) is 14.5 Å². The van der Waals surface area contributed by atoms with Crippen LogP contribution in [0.5, 0.6) is 5.75 Å². The van der Waals surface area contributed by atoms with Crippen LogP contribution >= 0.6 is 27.7 Å². The topological polar surface area (TPSA) is 69.0 Å².